The first kappa shape index (κ1) is 35.1. The summed E-state index contributed by atoms with van der Waals surface area (Å²) in [6.07, 6.45) is 0.994. The number of hydrogen-bond acceptors (Lipinski definition) is 12. The first-order valence-corrected chi connectivity index (χ1v) is 14.9. The number of cyclic esters (lactones) is 2. The van der Waals surface area contributed by atoms with Crippen LogP contribution in [0, 0.1) is 0 Å². The van der Waals surface area contributed by atoms with Crippen molar-refractivity contribution in [1.82, 2.24) is 15.5 Å². The van der Waals surface area contributed by atoms with Crippen molar-refractivity contribution in [1.29, 1.82) is 0 Å². The summed E-state index contributed by atoms with van der Waals surface area (Å²) in [5.41, 5.74) is 6.33. The van der Waals surface area contributed by atoms with E-state index in [1.807, 2.05) is 0 Å². The highest BCUT2D eigenvalue weighted by atomic mass is 35.5. The lowest BCUT2D eigenvalue weighted by molar-refractivity contribution is -0.137. The van der Waals surface area contributed by atoms with E-state index in [0.717, 1.165) is 4.90 Å². The monoisotopic (exact) mass is 702 g/mol. The molecule has 4 heterocycles. The van der Waals surface area contributed by atoms with E-state index >= 15 is 0 Å². The fraction of sp³-hybridized carbons (Fsp3) is 0.176. The second-order valence-corrected chi connectivity index (χ2v) is 11.5. The molecular formula is C34H27ClN4O11. The molecule has 4 aromatic rings. The fourth-order valence-corrected chi connectivity index (χ4v) is 5.97. The number of nitrogens with zero attached hydrogens (tertiary/aromatic N) is 1. The summed E-state index contributed by atoms with van der Waals surface area (Å²) < 4.78 is 4.57. The molecule has 50 heavy (non-hydrogen) atoms. The van der Waals surface area contributed by atoms with Crippen molar-refractivity contribution in [2.45, 2.75) is 37.8 Å². The maximum atomic E-state index is 12.8. The molecule has 4 aliphatic heterocycles. The predicted octanol–water partition coefficient (Wildman–Crippen LogP) is 1.97. The molecule has 16 heteroatoms. The molecule has 2 atom stereocenters. The van der Waals surface area contributed by atoms with Crippen LogP contribution >= 0.6 is 12.4 Å². The number of piperidine rings is 2. The van der Waals surface area contributed by atoms with Crippen molar-refractivity contribution in [2.24, 2.45) is 5.73 Å². The minimum Gasteiger partial charge on any atom is -0.508 e. The quantitative estimate of drug-likeness (QED) is 0.109. The number of aromatic hydroxyl groups is 2. The zero-order valence-electron chi connectivity index (χ0n) is 25.8. The number of phenols is 2. The van der Waals surface area contributed by atoms with E-state index < -0.39 is 47.7 Å². The number of imide groups is 3. The van der Waals surface area contributed by atoms with E-state index in [0.29, 0.717) is 45.5 Å². The standard InChI is InChI=1S/C17H12N2O5.C12H6O4.C5H8N2O2.ClH/c20-9-6-8-2-1-3-10-14(8)11(7-9)17(24)19(16(10)23)12-4-5-13(21)18-15(12)22;13-7-4-6-2-1-3-8-10(6)9(5-7)12(15)16-11(8)14;6-3-1-2-4(8)7-5(3)9;/h1-3,6-7,12,20H,4-5H2,(H,18,21,22);1-5,13H;3H,1-2,6H2,(H,7,8,9);1H. The Morgan fingerprint density at radius 1 is 0.640 bits per heavy atom. The van der Waals surface area contributed by atoms with Gasteiger partial charge in [0.05, 0.1) is 22.7 Å². The molecule has 0 aliphatic carbocycles. The highest BCUT2D eigenvalue weighted by Gasteiger charge is 2.42. The van der Waals surface area contributed by atoms with E-state index in [1.165, 1.54) is 24.3 Å². The van der Waals surface area contributed by atoms with E-state index in [9.17, 15) is 48.6 Å². The number of rotatable bonds is 1. The Kier molecular flexibility index (Phi) is 9.65. The first-order chi connectivity index (χ1) is 23.3. The summed E-state index contributed by atoms with van der Waals surface area (Å²) in [5, 5.41) is 25.8. The number of phenolic OH excluding ortho intramolecular Hbond substituents is 2. The van der Waals surface area contributed by atoms with Gasteiger partial charge in [0.2, 0.25) is 23.6 Å². The van der Waals surface area contributed by atoms with Crippen LogP contribution in [0.15, 0.2) is 60.7 Å². The molecule has 4 aromatic carbocycles. The van der Waals surface area contributed by atoms with Gasteiger partial charge in [0, 0.05) is 29.2 Å². The van der Waals surface area contributed by atoms with Crippen molar-refractivity contribution in [3.63, 3.8) is 0 Å². The zero-order valence-corrected chi connectivity index (χ0v) is 26.6. The number of benzene rings is 4. The van der Waals surface area contributed by atoms with Gasteiger partial charge < -0.3 is 20.7 Å². The summed E-state index contributed by atoms with van der Waals surface area (Å²) in [6, 6.07) is 14.0. The smallest absolute Gasteiger partial charge is 0.346 e. The molecule has 15 nitrogen and oxygen atoms in total. The third-order valence-corrected chi connectivity index (χ3v) is 8.25. The molecule has 2 unspecified atom stereocenters. The summed E-state index contributed by atoms with van der Waals surface area (Å²) in [5.74, 6) is -4.36. The fourth-order valence-electron chi connectivity index (χ4n) is 5.97. The third-order valence-electron chi connectivity index (χ3n) is 8.25. The van der Waals surface area contributed by atoms with Gasteiger partial charge >= 0.3 is 11.9 Å². The molecule has 0 aromatic heterocycles. The molecule has 0 saturated carbocycles. The second-order valence-electron chi connectivity index (χ2n) is 11.5. The van der Waals surface area contributed by atoms with Crippen molar-refractivity contribution in [2.75, 3.05) is 0 Å². The number of carbonyl (C=O) groups is 8. The van der Waals surface area contributed by atoms with Crippen molar-refractivity contribution >= 4 is 81.3 Å². The minimum absolute atomic E-state index is 0. The van der Waals surface area contributed by atoms with E-state index in [1.54, 1.807) is 36.4 Å². The van der Waals surface area contributed by atoms with Gasteiger partial charge in [0.25, 0.3) is 11.8 Å². The van der Waals surface area contributed by atoms with Crippen LogP contribution in [0.25, 0.3) is 21.5 Å². The summed E-state index contributed by atoms with van der Waals surface area (Å²) in [6.45, 7) is 0. The highest BCUT2D eigenvalue weighted by molar-refractivity contribution is 6.27. The Balaban J connectivity index is 0.000000161. The van der Waals surface area contributed by atoms with Gasteiger partial charge in [-0.3, -0.25) is 44.3 Å². The maximum Gasteiger partial charge on any atom is 0.346 e. The van der Waals surface area contributed by atoms with E-state index in [4.69, 9.17) is 5.73 Å². The molecular weight excluding hydrogens is 676 g/mol. The Morgan fingerprint density at radius 2 is 1.14 bits per heavy atom. The number of carbonyl (C=O) groups excluding carboxylic acids is 8. The van der Waals surface area contributed by atoms with Crippen molar-refractivity contribution in [3.8, 4) is 11.5 Å². The third kappa shape index (κ3) is 6.46. The lowest BCUT2D eigenvalue weighted by atomic mass is 9.91. The predicted molar refractivity (Wildman–Crippen MR) is 175 cm³/mol. The first-order valence-electron chi connectivity index (χ1n) is 14.9. The van der Waals surface area contributed by atoms with Gasteiger partial charge in [0.15, 0.2) is 0 Å². The van der Waals surface area contributed by atoms with Gasteiger partial charge in [-0.1, -0.05) is 24.3 Å². The SMILES string of the molecule is Cl.NC1CCC(=O)NC1=O.O=C1CCC(N2C(=O)c3cccc4cc(O)cc(c34)C2=O)C(=O)N1.O=C1OC(=O)c2cc(O)cc3cccc1c23. The number of halogens is 1. The van der Waals surface area contributed by atoms with Crippen LogP contribution in [-0.2, 0) is 23.9 Å². The van der Waals surface area contributed by atoms with Crippen molar-refractivity contribution < 1.29 is 53.3 Å². The van der Waals surface area contributed by atoms with Crippen LogP contribution in [0.3, 0.4) is 0 Å². The number of amides is 6. The molecule has 0 spiro atoms. The number of hydrogen-bond donors (Lipinski definition) is 5. The molecule has 4 aliphatic rings. The Labute approximate surface area is 287 Å². The number of nitrogens with one attached hydrogen (secondary N) is 2. The van der Waals surface area contributed by atoms with Crippen LogP contribution in [0.5, 0.6) is 11.5 Å². The van der Waals surface area contributed by atoms with E-state index in [-0.39, 0.29) is 59.7 Å². The molecule has 6 amide bonds. The van der Waals surface area contributed by atoms with Gasteiger partial charge in [-0.15, -0.1) is 12.4 Å². The molecule has 0 bridgehead atoms. The van der Waals surface area contributed by atoms with Crippen molar-refractivity contribution in [3.05, 3.63) is 82.9 Å². The average Bonchev–Trinajstić information content (AvgIpc) is 3.05. The number of nitrogens with two attached hydrogens (primary N) is 1. The van der Waals surface area contributed by atoms with Crippen LogP contribution in [0.4, 0.5) is 0 Å². The largest absolute Gasteiger partial charge is 0.508 e. The van der Waals surface area contributed by atoms with Crippen LogP contribution in [-0.4, -0.2) is 74.6 Å². The zero-order chi connectivity index (χ0) is 35.1. The lowest BCUT2D eigenvalue weighted by Gasteiger charge is -2.34. The van der Waals surface area contributed by atoms with Crippen LogP contribution in [0.2, 0.25) is 0 Å². The summed E-state index contributed by atoms with van der Waals surface area (Å²) in [7, 11) is 0. The van der Waals surface area contributed by atoms with E-state index in [2.05, 4.69) is 15.4 Å². The molecule has 256 valence electrons. The minimum atomic E-state index is -1.03. The van der Waals surface area contributed by atoms with Gasteiger partial charge in [-0.25, -0.2) is 9.59 Å². The number of ether oxygens (including phenoxy) is 1. The topological polar surface area (TPSA) is 240 Å². The lowest BCUT2D eigenvalue weighted by Crippen LogP contribution is -2.57. The molecule has 6 N–H and O–H groups in total. The Hall–Kier alpha value is -6.19. The molecule has 8 rings (SSSR count). The van der Waals surface area contributed by atoms with Crippen LogP contribution < -0.4 is 16.4 Å². The number of esters is 2. The van der Waals surface area contributed by atoms with Gasteiger partial charge in [0.1, 0.15) is 17.5 Å². The maximum absolute atomic E-state index is 12.8. The summed E-state index contributed by atoms with van der Waals surface area (Å²) >= 11 is 0. The average molecular weight is 703 g/mol. The summed E-state index contributed by atoms with van der Waals surface area (Å²) in [4.78, 5) is 93.8. The molecule has 2 saturated heterocycles. The highest BCUT2D eigenvalue weighted by Crippen LogP contribution is 2.35. The molecule has 2 fully saturated rings. The Morgan fingerprint density at radius 3 is 1.72 bits per heavy atom. The van der Waals surface area contributed by atoms with Gasteiger partial charge in [-0.2, -0.15) is 0 Å². The van der Waals surface area contributed by atoms with Gasteiger partial charge in [-0.05, 0) is 60.0 Å². The normalized spacial score (nSPS) is 19.3. The Bertz CT molecular complexity index is 2180. The van der Waals surface area contributed by atoms with Crippen LogP contribution in [0.1, 0.15) is 67.1 Å². The molecule has 0 radical (unpaired) electrons. The second kappa shape index (κ2) is 13.7.